The van der Waals surface area contributed by atoms with Gasteiger partial charge in [0.05, 0.1) is 23.7 Å². The van der Waals surface area contributed by atoms with Crippen LogP contribution < -0.4 is 0 Å². The average Bonchev–Trinajstić information content (AvgIpc) is 2.57. The van der Waals surface area contributed by atoms with Crippen molar-refractivity contribution in [1.82, 2.24) is 0 Å². The fourth-order valence-corrected chi connectivity index (χ4v) is 1.54. The number of rotatable bonds is 5. The third-order valence-electron chi connectivity index (χ3n) is 1.24. The Morgan fingerprint density at radius 2 is 2.58 bits per heavy atom. The molecule has 0 aliphatic carbocycles. The van der Waals surface area contributed by atoms with Crippen molar-refractivity contribution in [1.29, 1.82) is 0 Å². The van der Waals surface area contributed by atoms with Gasteiger partial charge in [-0.3, -0.25) is 0 Å². The average molecular weight is 199 g/mol. The van der Waals surface area contributed by atoms with Crippen LogP contribution in [0.25, 0.3) is 0 Å². The molecule has 1 rings (SSSR count). The van der Waals surface area contributed by atoms with Crippen LogP contribution in [-0.4, -0.2) is 17.5 Å². The number of aliphatic imine (C=N–C) groups is 1. The van der Waals surface area contributed by atoms with Crippen LogP contribution in [0.1, 0.15) is 5.76 Å². The summed E-state index contributed by atoms with van der Waals surface area (Å²) >= 11 is 6.21. The monoisotopic (exact) mass is 199 g/mol. The van der Waals surface area contributed by atoms with E-state index in [9.17, 15) is 0 Å². The van der Waals surface area contributed by atoms with E-state index in [1.165, 1.54) is 0 Å². The number of thioether (sulfide) groups is 1. The molecule has 0 aliphatic rings. The Hall–Kier alpha value is -0.570. The van der Waals surface area contributed by atoms with Crippen LogP contribution >= 0.6 is 24.0 Å². The first-order valence-corrected chi connectivity index (χ1v) is 5.13. The Labute approximate surface area is 81.1 Å². The van der Waals surface area contributed by atoms with Gasteiger partial charge >= 0.3 is 0 Å². The standard InChI is InChI=1S/C8H9NOS2/c11-7-9-3-5-12-6-8-2-1-4-10-8/h1-2,4H,3,5-6H2. The first-order chi connectivity index (χ1) is 5.93. The molecule has 0 atom stereocenters. The van der Waals surface area contributed by atoms with E-state index in [2.05, 4.69) is 22.4 Å². The van der Waals surface area contributed by atoms with E-state index in [0.717, 1.165) is 23.8 Å². The number of isothiocyanates is 1. The number of hydrogen-bond donors (Lipinski definition) is 0. The van der Waals surface area contributed by atoms with Crippen LogP contribution in [0, 0.1) is 0 Å². The molecule has 0 saturated carbocycles. The summed E-state index contributed by atoms with van der Waals surface area (Å²) in [6.45, 7) is 0.745. The second-order valence-corrected chi connectivity index (χ2v) is 3.39. The fourth-order valence-electron chi connectivity index (χ4n) is 0.723. The van der Waals surface area contributed by atoms with Crippen LogP contribution in [0.2, 0.25) is 0 Å². The van der Waals surface area contributed by atoms with Crippen molar-refractivity contribution in [3.8, 4) is 0 Å². The molecular weight excluding hydrogens is 190 g/mol. The molecular formula is C8H9NOS2. The lowest BCUT2D eigenvalue weighted by atomic mass is 10.5. The minimum absolute atomic E-state index is 0.745. The highest BCUT2D eigenvalue weighted by Gasteiger charge is 1.94. The molecule has 0 fully saturated rings. The quantitative estimate of drug-likeness (QED) is 0.414. The fraction of sp³-hybridized carbons (Fsp3) is 0.375. The summed E-state index contributed by atoms with van der Waals surface area (Å²) in [7, 11) is 0. The largest absolute Gasteiger partial charge is 0.468 e. The summed E-state index contributed by atoms with van der Waals surface area (Å²) in [6, 6.07) is 3.86. The zero-order valence-corrected chi connectivity index (χ0v) is 8.16. The number of thiocarbonyl (C=S) groups is 1. The minimum atomic E-state index is 0.745. The Bertz CT molecular complexity index is 252. The summed E-state index contributed by atoms with van der Waals surface area (Å²) in [6.07, 6.45) is 1.69. The van der Waals surface area contributed by atoms with Gasteiger partial charge in [-0.05, 0) is 24.4 Å². The Balaban J connectivity index is 2.07. The van der Waals surface area contributed by atoms with Gasteiger partial charge in [0.1, 0.15) is 5.76 Å². The highest BCUT2D eigenvalue weighted by atomic mass is 32.2. The molecule has 2 nitrogen and oxygen atoms in total. The van der Waals surface area contributed by atoms with E-state index in [-0.39, 0.29) is 0 Å². The summed E-state index contributed by atoms with van der Waals surface area (Å²) in [5.74, 6) is 2.87. The first kappa shape index (κ1) is 9.52. The molecule has 0 aromatic carbocycles. The normalized spacial score (nSPS) is 9.33. The lowest BCUT2D eigenvalue weighted by Gasteiger charge is -1.93. The van der Waals surface area contributed by atoms with Crippen molar-refractivity contribution in [2.24, 2.45) is 4.99 Å². The molecule has 0 spiro atoms. The first-order valence-electron chi connectivity index (χ1n) is 3.57. The van der Waals surface area contributed by atoms with Crippen LogP contribution in [0.15, 0.2) is 27.8 Å². The van der Waals surface area contributed by atoms with E-state index in [0.29, 0.717) is 0 Å². The molecule has 0 N–H and O–H groups in total. The zero-order chi connectivity index (χ0) is 8.65. The van der Waals surface area contributed by atoms with E-state index in [1.54, 1.807) is 18.0 Å². The van der Waals surface area contributed by atoms with Gasteiger partial charge in [0.25, 0.3) is 0 Å². The number of furan rings is 1. The van der Waals surface area contributed by atoms with Gasteiger partial charge in [0.2, 0.25) is 0 Å². The Kier molecular flexibility index (Phi) is 4.76. The molecule has 0 amide bonds. The van der Waals surface area contributed by atoms with Crippen LogP contribution in [0.3, 0.4) is 0 Å². The van der Waals surface area contributed by atoms with E-state index in [1.807, 2.05) is 12.1 Å². The van der Waals surface area contributed by atoms with Gasteiger partial charge in [0, 0.05) is 5.75 Å². The molecule has 0 radical (unpaired) electrons. The van der Waals surface area contributed by atoms with Crippen molar-refractivity contribution < 1.29 is 4.42 Å². The van der Waals surface area contributed by atoms with Crippen molar-refractivity contribution >= 4 is 29.1 Å². The van der Waals surface area contributed by atoms with Gasteiger partial charge < -0.3 is 4.42 Å². The van der Waals surface area contributed by atoms with Gasteiger partial charge in [-0.15, -0.1) is 0 Å². The molecule has 0 aliphatic heterocycles. The molecule has 0 unspecified atom stereocenters. The SMILES string of the molecule is S=C=NCCSCc1ccco1. The van der Waals surface area contributed by atoms with Crippen molar-refractivity contribution in [2.45, 2.75) is 5.75 Å². The van der Waals surface area contributed by atoms with Crippen molar-refractivity contribution in [3.63, 3.8) is 0 Å². The predicted molar refractivity (Wildman–Crippen MR) is 54.8 cm³/mol. The maximum absolute atomic E-state index is 5.15. The molecule has 12 heavy (non-hydrogen) atoms. The molecule has 0 saturated heterocycles. The highest BCUT2D eigenvalue weighted by Crippen LogP contribution is 2.11. The second kappa shape index (κ2) is 6.00. The Morgan fingerprint density at radius 3 is 3.25 bits per heavy atom. The summed E-state index contributed by atoms with van der Waals surface area (Å²) in [4.78, 5) is 3.80. The van der Waals surface area contributed by atoms with Crippen LogP contribution in [0.5, 0.6) is 0 Å². The highest BCUT2D eigenvalue weighted by molar-refractivity contribution is 7.98. The molecule has 4 heteroatoms. The Morgan fingerprint density at radius 1 is 1.67 bits per heavy atom. The van der Waals surface area contributed by atoms with Crippen LogP contribution in [0.4, 0.5) is 0 Å². The van der Waals surface area contributed by atoms with E-state index < -0.39 is 0 Å². The van der Waals surface area contributed by atoms with E-state index in [4.69, 9.17) is 4.42 Å². The lowest BCUT2D eigenvalue weighted by molar-refractivity contribution is 0.530. The second-order valence-electron chi connectivity index (χ2n) is 2.10. The molecule has 0 bridgehead atoms. The summed E-state index contributed by atoms with van der Waals surface area (Å²) in [5.41, 5.74) is 0. The van der Waals surface area contributed by atoms with Gasteiger partial charge in [0.15, 0.2) is 0 Å². The summed E-state index contributed by atoms with van der Waals surface area (Å²) in [5, 5.41) is 2.33. The predicted octanol–water partition coefficient (Wildman–Crippen LogP) is 2.62. The number of nitrogens with zero attached hydrogens (tertiary/aromatic N) is 1. The topological polar surface area (TPSA) is 25.5 Å². The van der Waals surface area contributed by atoms with Gasteiger partial charge in [-0.2, -0.15) is 11.8 Å². The third kappa shape index (κ3) is 3.72. The zero-order valence-electron chi connectivity index (χ0n) is 6.53. The molecule has 1 aromatic rings. The van der Waals surface area contributed by atoms with Gasteiger partial charge in [-0.25, -0.2) is 4.99 Å². The molecule has 1 heterocycles. The van der Waals surface area contributed by atoms with Crippen molar-refractivity contribution in [3.05, 3.63) is 24.2 Å². The summed E-state index contributed by atoms with van der Waals surface area (Å²) < 4.78 is 5.15. The molecule has 1 aromatic heterocycles. The van der Waals surface area contributed by atoms with E-state index >= 15 is 0 Å². The third-order valence-corrected chi connectivity index (χ3v) is 2.33. The van der Waals surface area contributed by atoms with Gasteiger partial charge in [-0.1, -0.05) is 0 Å². The maximum atomic E-state index is 5.15. The molecule has 64 valence electrons. The number of hydrogen-bond acceptors (Lipinski definition) is 4. The minimum Gasteiger partial charge on any atom is -0.468 e. The smallest absolute Gasteiger partial charge is 0.113 e. The lowest BCUT2D eigenvalue weighted by Crippen LogP contribution is -1.84. The maximum Gasteiger partial charge on any atom is 0.113 e. The van der Waals surface area contributed by atoms with Crippen LogP contribution in [-0.2, 0) is 5.75 Å². The van der Waals surface area contributed by atoms with Crippen molar-refractivity contribution in [2.75, 3.05) is 12.3 Å².